The number of nitrogens with zero attached hydrogens (tertiary/aromatic N) is 3. The number of sulfonamides is 1. The molecule has 1 aromatic rings. The van der Waals surface area contributed by atoms with E-state index in [0.717, 1.165) is 37.5 Å². The maximum atomic E-state index is 12.5. The zero-order valence-corrected chi connectivity index (χ0v) is 17.8. The molecule has 1 aromatic carbocycles. The van der Waals surface area contributed by atoms with Gasteiger partial charge in [-0.2, -0.15) is 4.31 Å². The molecule has 0 saturated heterocycles. The van der Waals surface area contributed by atoms with Crippen LogP contribution >= 0.6 is 0 Å². The van der Waals surface area contributed by atoms with Crippen molar-refractivity contribution >= 4 is 16.0 Å². The zero-order chi connectivity index (χ0) is 19.7. The van der Waals surface area contributed by atoms with E-state index in [1.54, 1.807) is 19.2 Å². The summed E-state index contributed by atoms with van der Waals surface area (Å²) in [5.74, 6) is 0.872. The zero-order valence-electron chi connectivity index (χ0n) is 17.0. The van der Waals surface area contributed by atoms with Gasteiger partial charge in [-0.3, -0.25) is 0 Å². The van der Waals surface area contributed by atoms with Crippen molar-refractivity contribution in [2.75, 3.05) is 27.2 Å². The fraction of sp³-hybridized carbons (Fsp3) is 0.632. The Kier molecular flexibility index (Phi) is 9.08. The molecular formula is C19H34N4O2S. The smallest absolute Gasteiger partial charge is 0.243 e. The van der Waals surface area contributed by atoms with E-state index in [4.69, 9.17) is 0 Å². The number of nitrogens with one attached hydrogen (secondary N) is 1. The maximum absolute atomic E-state index is 12.5. The molecule has 0 heterocycles. The van der Waals surface area contributed by atoms with E-state index < -0.39 is 10.0 Å². The Morgan fingerprint density at radius 3 is 2.27 bits per heavy atom. The van der Waals surface area contributed by atoms with Crippen molar-refractivity contribution in [1.82, 2.24) is 14.5 Å². The Morgan fingerprint density at radius 1 is 1.15 bits per heavy atom. The first-order valence-corrected chi connectivity index (χ1v) is 10.7. The molecule has 1 rings (SSSR count). The van der Waals surface area contributed by atoms with Gasteiger partial charge in [0.25, 0.3) is 0 Å². The molecule has 0 aliphatic carbocycles. The molecule has 26 heavy (non-hydrogen) atoms. The third-order valence-corrected chi connectivity index (χ3v) is 6.33. The van der Waals surface area contributed by atoms with Gasteiger partial charge < -0.3 is 10.2 Å². The number of aliphatic imine (C=N–C) groups is 1. The number of hydrogen-bond donors (Lipinski definition) is 1. The van der Waals surface area contributed by atoms with Crippen molar-refractivity contribution in [3.8, 4) is 0 Å². The summed E-state index contributed by atoms with van der Waals surface area (Å²) in [6, 6.07) is 6.91. The predicted molar refractivity (Wildman–Crippen MR) is 109 cm³/mol. The molecule has 6 nitrogen and oxygen atoms in total. The topological polar surface area (TPSA) is 65.0 Å². The molecule has 7 heteroatoms. The highest BCUT2D eigenvalue weighted by Crippen LogP contribution is 2.17. The molecule has 0 saturated carbocycles. The first kappa shape index (κ1) is 22.4. The Morgan fingerprint density at radius 2 is 1.77 bits per heavy atom. The molecule has 0 aliphatic rings. The van der Waals surface area contributed by atoms with Gasteiger partial charge in [-0.05, 0) is 44.9 Å². The number of rotatable bonds is 9. The van der Waals surface area contributed by atoms with Crippen molar-refractivity contribution in [2.24, 2.45) is 4.99 Å². The molecule has 1 N–H and O–H groups in total. The fourth-order valence-corrected chi connectivity index (χ4v) is 3.72. The standard InChI is InChI=1S/C19H34N4O2S/c1-7-9-14-22(5)19(20-8-2)21-15-17-10-12-18(13-11-17)26(24,25)23(6)16(3)4/h10-13,16H,7-9,14-15H2,1-6H3,(H,20,21). The Bertz CT molecular complexity index is 669. The second kappa shape index (κ2) is 10.5. The van der Waals surface area contributed by atoms with Gasteiger partial charge in [-0.25, -0.2) is 13.4 Å². The quantitative estimate of drug-likeness (QED) is 0.527. The number of hydrogen-bond acceptors (Lipinski definition) is 3. The first-order chi connectivity index (χ1) is 12.2. The molecule has 0 spiro atoms. The third kappa shape index (κ3) is 6.29. The van der Waals surface area contributed by atoms with E-state index in [-0.39, 0.29) is 6.04 Å². The third-order valence-electron chi connectivity index (χ3n) is 4.28. The van der Waals surface area contributed by atoms with E-state index >= 15 is 0 Å². The molecule has 0 fully saturated rings. The van der Waals surface area contributed by atoms with Gasteiger partial charge in [0.1, 0.15) is 0 Å². The van der Waals surface area contributed by atoms with E-state index in [2.05, 4.69) is 22.1 Å². The van der Waals surface area contributed by atoms with Crippen LogP contribution in [0.3, 0.4) is 0 Å². The maximum Gasteiger partial charge on any atom is 0.243 e. The van der Waals surface area contributed by atoms with Crippen LogP contribution in [0.4, 0.5) is 0 Å². The number of benzene rings is 1. The van der Waals surface area contributed by atoms with Crippen molar-refractivity contribution < 1.29 is 8.42 Å². The molecule has 0 radical (unpaired) electrons. The molecule has 0 aliphatic heterocycles. The van der Waals surface area contributed by atoms with Crippen molar-refractivity contribution in [3.63, 3.8) is 0 Å². The minimum Gasteiger partial charge on any atom is -0.357 e. The van der Waals surface area contributed by atoms with Crippen molar-refractivity contribution in [2.45, 2.75) is 58.0 Å². The van der Waals surface area contributed by atoms with E-state index in [0.29, 0.717) is 11.4 Å². The largest absolute Gasteiger partial charge is 0.357 e. The van der Waals surface area contributed by atoms with Crippen LogP contribution in [0.15, 0.2) is 34.2 Å². The molecule has 0 bridgehead atoms. The van der Waals surface area contributed by atoms with Gasteiger partial charge in [-0.15, -0.1) is 0 Å². The monoisotopic (exact) mass is 382 g/mol. The SMILES string of the molecule is CCCCN(C)C(=NCc1ccc(S(=O)(=O)N(C)C(C)C)cc1)NCC. The Balaban J connectivity index is 2.88. The van der Waals surface area contributed by atoms with Crippen molar-refractivity contribution in [1.29, 1.82) is 0 Å². The van der Waals surface area contributed by atoms with Crippen molar-refractivity contribution in [3.05, 3.63) is 29.8 Å². The summed E-state index contributed by atoms with van der Waals surface area (Å²) in [6.45, 7) is 10.2. The van der Waals surface area contributed by atoms with E-state index in [9.17, 15) is 8.42 Å². The summed E-state index contributed by atoms with van der Waals surface area (Å²) in [5, 5.41) is 3.30. The summed E-state index contributed by atoms with van der Waals surface area (Å²) >= 11 is 0. The van der Waals surface area contributed by atoms with Crippen LogP contribution in [0.5, 0.6) is 0 Å². The highest BCUT2D eigenvalue weighted by molar-refractivity contribution is 7.89. The Hall–Kier alpha value is -1.60. The lowest BCUT2D eigenvalue weighted by molar-refractivity contribution is 0.410. The van der Waals surface area contributed by atoms with Gasteiger partial charge >= 0.3 is 0 Å². The minimum absolute atomic E-state index is 0.0781. The lowest BCUT2D eigenvalue weighted by Crippen LogP contribution is -2.39. The molecule has 0 amide bonds. The first-order valence-electron chi connectivity index (χ1n) is 9.30. The molecule has 148 valence electrons. The highest BCUT2D eigenvalue weighted by Gasteiger charge is 2.22. The second-order valence-electron chi connectivity index (χ2n) is 6.70. The summed E-state index contributed by atoms with van der Waals surface area (Å²) in [5.41, 5.74) is 0.982. The van der Waals surface area contributed by atoms with Crippen LogP contribution in [0, 0.1) is 0 Å². The predicted octanol–water partition coefficient (Wildman–Crippen LogP) is 2.91. The summed E-state index contributed by atoms with van der Waals surface area (Å²) in [6.07, 6.45) is 2.27. The number of unbranched alkanes of at least 4 members (excludes halogenated alkanes) is 1. The van der Waals surface area contributed by atoms with Gasteiger partial charge in [0.15, 0.2) is 5.96 Å². The normalized spacial score (nSPS) is 12.7. The van der Waals surface area contributed by atoms with Crippen LogP contribution in [-0.4, -0.2) is 56.8 Å². The van der Waals surface area contributed by atoms with Crippen LogP contribution in [0.25, 0.3) is 0 Å². The summed E-state index contributed by atoms with van der Waals surface area (Å²) in [7, 11) is 0.199. The molecule has 0 unspecified atom stereocenters. The molecular weight excluding hydrogens is 348 g/mol. The summed E-state index contributed by atoms with van der Waals surface area (Å²) < 4.78 is 26.4. The second-order valence-corrected chi connectivity index (χ2v) is 8.70. The van der Waals surface area contributed by atoms with Gasteiger partial charge in [0.05, 0.1) is 11.4 Å². The minimum atomic E-state index is -3.44. The van der Waals surface area contributed by atoms with E-state index in [1.807, 2.05) is 40.0 Å². The number of guanidine groups is 1. The van der Waals surface area contributed by atoms with Gasteiger partial charge in [0, 0.05) is 33.2 Å². The molecule has 0 atom stereocenters. The average Bonchev–Trinajstić information content (AvgIpc) is 2.62. The fourth-order valence-electron chi connectivity index (χ4n) is 2.35. The highest BCUT2D eigenvalue weighted by atomic mass is 32.2. The van der Waals surface area contributed by atoms with Crippen LogP contribution in [-0.2, 0) is 16.6 Å². The lowest BCUT2D eigenvalue weighted by Gasteiger charge is -2.22. The summed E-state index contributed by atoms with van der Waals surface area (Å²) in [4.78, 5) is 7.11. The van der Waals surface area contributed by atoms with Gasteiger partial charge in [0.2, 0.25) is 10.0 Å². The Labute approximate surface area is 159 Å². The van der Waals surface area contributed by atoms with Crippen LogP contribution in [0.1, 0.15) is 46.1 Å². The molecule has 0 aromatic heterocycles. The van der Waals surface area contributed by atoms with E-state index in [1.165, 1.54) is 4.31 Å². The average molecular weight is 383 g/mol. The van der Waals surface area contributed by atoms with Gasteiger partial charge in [-0.1, -0.05) is 25.5 Å². The van der Waals surface area contributed by atoms with Crippen LogP contribution < -0.4 is 5.32 Å². The van der Waals surface area contributed by atoms with Crippen LogP contribution in [0.2, 0.25) is 0 Å². The lowest BCUT2D eigenvalue weighted by atomic mass is 10.2.